The summed E-state index contributed by atoms with van der Waals surface area (Å²) in [6.45, 7) is 1.01. The van der Waals surface area contributed by atoms with Crippen molar-refractivity contribution in [3.05, 3.63) is 29.6 Å². The molecule has 0 amide bonds. The Morgan fingerprint density at radius 1 is 1.39 bits per heavy atom. The van der Waals surface area contributed by atoms with E-state index in [4.69, 9.17) is 5.11 Å². The molecule has 0 saturated heterocycles. The molecule has 0 bridgehead atoms. The summed E-state index contributed by atoms with van der Waals surface area (Å²) >= 11 is 0. The molecule has 0 unspecified atom stereocenters. The van der Waals surface area contributed by atoms with Gasteiger partial charge in [-0.3, -0.25) is 0 Å². The van der Waals surface area contributed by atoms with Crippen LogP contribution in [0.3, 0.4) is 0 Å². The standard InChI is InChI=1S/C12H16FNO4/c1-2-12(6-15,7-16)14-10-4-3-8(13)5-9(10)11(17)18/h3-5,14-16H,2,6-7H2,1H3,(H,17,18). The van der Waals surface area contributed by atoms with E-state index in [1.807, 2.05) is 0 Å². The summed E-state index contributed by atoms with van der Waals surface area (Å²) < 4.78 is 13.0. The lowest BCUT2D eigenvalue weighted by Crippen LogP contribution is -2.45. The Bertz CT molecular complexity index is 424. The highest BCUT2D eigenvalue weighted by atomic mass is 19.1. The van der Waals surface area contributed by atoms with Crippen LogP contribution in [0.4, 0.5) is 10.1 Å². The Hall–Kier alpha value is -1.66. The average Bonchev–Trinajstić information content (AvgIpc) is 2.37. The van der Waals surface area contributed by atoms with Crippen LogP contribution in [0.5, 0.6) is 0 Å². The molecule has 100 valence electrons. The lowest BCUT2D eigenvalue weighted by atomic mass is 9.97. The third-order valence-electron chi connectivity index (χ3n) is 2.89. The van der Waals surface area contributed by atoms with Crippen LogP contribution in [0.1, 0.15) is 23.7 Å². The fourth-order valence-electron chi connectivity index (χ4n) is 1.53. The van der Waals surface area contributed by atoms with Crippen molar-refractivity contribution < 1.29 is 24.5 Å². The van der Waals surface area contributed by atoms with E-state index >= 15 is 0 Å². The van der Waals surface area contributed by atoms with E-state index in [0.717, 1.165) is 12.1 Å². The van der Waals surface area contributed by atoms with Crippen molar-refractivity contribution in [3.8, 4) is 0 Å². The molecule has 1 aromatic rings. The topological polar surface area (TPSA) is 89.8 Å². The van der Waals surface area contributed by atoms with E-state index in [9.17, 15) is 19.4 Å². The molecule has 1 aromatic carbocycles. The molecule has 0 aromatic heterocycles. The van der Waals surface area contributed by atoms with Gasteiger partial charge in [0.25, 0.3) is 0 Å². The molecule has 0 spiro atoms. The number of aromatic carboxylic acids is 1. The van der Waals surface area contributed by atoms with Gasteiger partial charge in [-0.15, -0.1) is 0 Å². The number of aliphatic hydroxyl groups excluding tert-OH is 2. The van der Waals surface area contributed by atoms with Crippen LogP contribution >= 0.6 is 0 Å². The number of benzene rings is 1. The number of nitrogens with one attached hydrogen (secondary N) is 1. The van der Waals surface area contributed by atoms with Gasteiger partial charge >= 0.3 is 5.97 Å². The smallest absolute Gasteiger partial charge is 0.337 e. The number of aliphatic hydroxyl groups is 2. The summed E-state index contributed by atoms with van der Waals surface area (Å²) in [6.07, 6.45) is 0.385. The first-order valence-electron chi connectivity index (χ1n) is 5.50. The monoisotopic (exact) mass is 257 g/mol. The van der Waals surface area contributed by atoms with Crippen LogP contribution in [0.25, 0.3) is 0 Å². The Labute approximate surface area is 104 Å². The number of hydrogen-bond acceptors (Lipinski definition) is 4. The molecular formula is C12H16FNO4. The molecule has 0 atom stereocenters. The molecule has 6 heteroatoms. The van der Waals surface area contributed by atoms with Gasteiger partial charge in [0.1, 0.15) is 5.82 Å². The van der Waals surface area contributed by atoms with E-state index in [-0.39, 0.29) is 24.5 Å². The van der Waals surface area contributed by atoms with Crippen molar-refractivity contribution in [1.29, 1.82) is 0 Å². The third-order valence-corrected chi connectivity index (χ3v) is 2.89. The summed E-state index contributed by atoms with van der Waals surface area (Å²) in [5.41, 5.74) is -1.11. The highest BCUT2D eigenvalue weighted by Crippen LogP contribution is 2.23. The minimum atomic E-state index is -1.28. The minimum Gasteiger partial charge on any atom is -0.478 e. The first-order valence-corrected chi connectivity index (χ1v) is 5.50. The Morgan fingerprint density at radius 3 is 2.44 bits per heavy atom. The zero-order chi connectivity index (χ0) is 13.8. The van der Waals surface area contributed by atoms with Gasteiger partial charge in [-0.2, -0.15) is 0 Å². The Balaban J connectivity index is 3.13. The fourth-order valence-corrected chi connectivity index (χ4v) is 1.53. The molecule has 4 N–H and O–H groups in total. The quantitative estimate of drug-likeness (QED) is 0.612. The molecule has 0 heterocycles. The zero-order valence-electron chi connectivity index (χ0n) is 9.98. The number of carboxylic acids is 1. The predicted octanol–water partition coefficient (Wildman–Crippen LogP) is 1.07. The maximum absolute atomic E-state index is 13.0. The lowest BCUT2D eigenvalue weighted by molar-refractivity contribution is 0.0696. The summed E-state index contributed by atoms with van der Waals surface area (Å²) in [5, 5.41) is 30.3. The van der Waals surface area contributed by atoms with Gasteiger partial charge in [-0.1, -0.05) is 6.92 Å². The maximum atomic E-state index is 13.0. The number of halogens is 1. The normalized spacial score (nSPS) is 11.3. The number of carboxylic acid groups (broad SMARTS) is 1. The highest BCUT2D eigenvalue weighted by Gasteiger charge is 2.28. The zero-order valence-corrected chi connectivity index (χ0v) is 9.98. The van der Waals surface area contributed by atoms with Crippen molar-refractivity contribution in [2.75, 3.05) is 18.5 Å². The van der Waals surface area contributed by atoms with Gasteiger partial charge in [-0.05, 0) is 24.6 Å². The van der Waals surface area contributed by atoms with E-state index in [0.29, 0.717) is 6.42 Å². The van der Waals surface area contributed by atoms with Crippen molar-refractivity contribution in [2.24, 2.45) is 0 Å². The van der Waals surface area contributed by atoms with Crippen LogP contribution in [-0.4, -0.2) is 40.0 Å². The second-order valence-electron chi connectivity index (χ2n) is 4.07. The first kappa shape index (κ1) is 14.4. The third kappa shape index (κ3) is 2.96. The number of rotatable bonds is 6. The molecule has 0 saturated carbocycles. The second-order valence-corrected chi connectivity index (χ2v) is 4.07. The van der Waals surface area contributed by atoms with Gasteiger partial charge in [0.05, 0.1) is 24.3 Å². The molecule has 5 nitrogen and oxygen atoms in total. The maximum Gasteiger partial charge on any atom is 0.337 e. The van der Waals surface area contributed by atoms with Crippen LogP contribution in [0.15, 0.2) is 18.2 Å². The summed E-state index contributed by atoms with van der Waals surface area (Å²) in [7, 11) is 0. The van der Waals surface area contributed by atoms with Crippen LogP contribution < -0.4 is 5.32 Å². The molecule has 18 heavy (non-hydrogen) atoms. The van der Waals surface area contributed by atoms with Gasteiger partial charge in [0, 0.05) is 5.69 Å². The van der Waals surface area contributed by atoms with Gasteiger partial charge in [0.15, 0.2) is 0 Å². The fraction of sp³-hybridized carbons (Fsp3) is 0.417. The van der Waals surface area contributed by atoms with Gasteiger partial charge < -0.3 is 20.6 Å². The molecule has 0 aliphatic carbocycles. The van der Waals surface area contributed by atoms with Gasteiger partial charge in [0.2, 0.25) is 0 Å². The molecule has 0 fully saturated rings. The molecule has 0 aliphatic heterocycles. The van der Waals surface area contributed by atoms with E-state index < -0.39 is 17.3 Å². The van der Waals surface area contributed by atoms with Crippen molar-refractivity contribution in [1.82, 2.24) is 0 Å². The Kier molecular flexibility index (Phi) is 4.63. The lowest BCUT2D eigenvalue weighted by Gasteiger charge is -2.31. The van der Waals surface area contributed by atoms with E-state index in [2.05, 4.69) is 5.32 Å². The molecule has 1 rings (SSSR count). The average molecular weight is 257 g/mol. The van der Waals surface area contributed by atoms with Crippen LogP contribution in [0.2, 0.25) is 0 Å². The van der Waals surface area contributed by atoms with Crippen molar-refractivity contribution in [3.63, 3.8) is 0 Å². The van der Waals surface area contributed by atoms with E-state index in [1.54, 1.807) is 6.92 Å². The number of anilines is 1. The predicted molar refractivity (Wildman–Crippen MR) is 64.2 cm³/mol. The van der Waals surface area contributed by atoms with Crippen molar-refractivity contribution in [2.45, 2.75) is 18.9 Å². The summed E-state index contributed by atoms with van der Waals surface area (Å²) in [4.78, 5) is 11.0. The largest absolute Gasteiger partial charge is 0.478 e. The number of carbonyl (C=O) groups is 1. The molecule has 0 radical (unpaired) electrons. The van der Waals surface area contributed by atoms with Crippen molar-refractivity contribution >= 4 is 11.7 Å². The first-order chi connectivity index (χ1) is 8.48. The Morgan fingerprint density at radius 2 is 2.00 bits per heavy atom. The summed E-state index contributed by atoms with van der Waals surface area (Å²) in [6, 6.07) is 3.28. The van der Waals surface area contributed by atoms with Crippen LogP contribution in [-0.2, 0) is 0 Å². The summed E-state index contributed by atoms with van der Waals surface area (Å²) in [5.74, 6) is -1.94. The second kappa shape index (κ2) is 5.79. The van der Waals surface area contributed by atoms with E-state index in [1.165, 1.54) is 6.07 Å². The SMILES string of the molecule is CCC(CO)(CO)Nc1ccc(F)cc1C(=O)O. The molecular weight excluding hydrogens is 241 g/mol. The molecule has 0 aliphatic rings. The van der Waals surface area contributed by atoms with Crippen LogP contribution in [0, 0.1) is 5.82 Å². The minimum absolute atomic E-state index is 0.161. The number of hydrogen-bond donors (Lipinski definition) is 4. The highest BCUT2D eigenvalue weighted by molar-refractivity contribution is 5.94. The van der Waals surface area contributed by atoms with Gasteiger partial charge in [-0.25, -0.2) is 9.18 Å².